The van der Waals surface area contributed by atoms with Gasteiger partial charge in [-0.15, -0.1) is 11.3 Å². The Balaban J connectivity index is 1.64. The molecule has 0 atom stereocenters. The minimum absolute atomic E-state index is 1.16. The van der Waals surface area contributed by atoms with Gasteiger partial charge in [-0.25, -0.2) is 0 Å². The van der Waals surface area contributed by atoms with Crippen LogP contribution in [0.15, 0.2) is 109 Å². The number of rotatable bonds is 3. The van der Waals surface area contributed by atoms with Crippen LogP contribution in [0.4, 0.5) is 17.1 Å². The lowest BCUT2D eigenvalue weighted by Gasteiger charge is -2.26. The molecule has 0 aliphatic heterocycles. The van der Waals surface area contributed by atoms with Crippen molar-refractivity contribution in [1.82, 2.24) is 0 Å². The topological polar surface area (TPSA) is 3.24 Å². The molecule has 0 spiro atoms. The maximum absolute atomic E-state index is 2.36. The molecule has 0 bridgehead atoms. The summed E-state index contributed by atoms with van der Waals surface area (Å²) in [6.45, 7) is 2.15. The van der Waals surface area contributed by atoms with Gasteiger partial charge in [0.2, 0.25) is 0 Å². The summed E-state index contributed by atoms with van der Waals surface area (Å²) in [5.74, 6) is 0. The molecular formula is C29H21NS. The lowest BCUT2D eigenvalue weighted by molar-refractivity contribution is 1.28. The van der Waals surface area contributed by atoms with E-state index in [0.717, 1.165) is 5.69 Å². The zero-order valence-electron chi connectivity index (χ0n) is 17.2. The molecule has 0 saturated heterocycles. The van der Waals surface area contributed by atoms with E-state index in [9.17, 15) is 0 Å². The number of benzene rings is 5. The molecule has 0 saturated carbocycles. The van der Waals surface area contributed by atoms with E-state index in [-0.39, 0.29) is 0 Å². The number of thiophene rings is 1. The Bertz CT molecular complexity index is 1550. The van der Waals surface area contributed by atoms with Gasteiger partial charge in [-0.1, -0.05) is 60.7 Å². The number of fused-ring (bicyclic) bond motifs is 5. The minimum Gasteiger partial charge on any atom is -0.310 e. The Hall–Kier alpha value is -3.62. The quantitative estimate of drug-likeness (QED) is 0.279. The van der Waals surface area contributed by atoms with Crippen LogP contribution in [0, 0.1) is 6.92 Å². The van der Waals surface area contributed by atoms with Crippen molar-refractivity contribution < 1.29 is 0 Å². The molecule has 0 N–H and O–H groups in total. The normalized spacial score (nSPS) is 11.4. The molecule has 31 heavy (non-hydrogen) atoms. The Morgan fingerprint density at radius 3 is 2.16 bits per heavy atom. The van der Waals surface area contributed by atoms with Crippen LogP contribution in [0.3, 0.4) is 0 Å². The standard InChI is InChI=1S/C29H21NS/c1-20-8-7-12-23(18-20)30(22-10-3-2-4-11-22)24-15-17-27-26(19-24)29-25-13-6-5-9-21(25)14-16-28(29)31-27/h2-19H,1H3. The van der Waals surface area contributed by atoms with Crippen LogP contribution >= 0.6 is 11.3 Å². The fourth-order valence-electron chi connectivity index (χ4n) is 4.47. The van der Waals surface area contributed by atoms with Gasteiger partial charge in [-0.3, -0.25) is 0 Å². The first-order valence-corrected chi connectivity index (χ1v) is 11.4. The molecule has 0 amide bonds. The van der Waals surface area contributed by atoms with Crippen molar-refractivity contribution in [2.24, 2.45) is 0 Å². The SMILES string of the molecule is Cc1cccc(N(c2ccccc2)c2ccc3sc4ccc5ccccc5c4c3c2)c1. The molecule has 5 aromatic carbocycles. The summed E-state index contributed by atoms with van der Waals surface area (Å²) >= 11 is 1.87. The Morgan fingerprint density at radius 1 is 0.548 bits per heavy atom. The fraction of sp³-hybridized carbons (Fsp3) is 0.0345. The van der Waals surface area contributed by atoms with E-state index in [1.807, 2.05) is 11.3 Å². The number of para-hydroxylation sites is 1. The minimum atomic E-state index is 1.16. The van der Waals surface area contributed by atoms with E-state index < -0.39 is 0 Å². The third kappa shape index (κ3) is 3.08. The number of nitrogens with zero attached hydrogens (tertiary/aromatic N) is 1. The highest BCUT2D eigenvalue weighted by atomic mass is 32.1. The van der Waals surface area contributed by atoms with Gasteiger partial charge in [0.25, 0.3) is 0 Å². The summed E-state index contributed by atoms with van der Waals surface area (Å²) in [7, 11) is 0. The van der Waals surface area contributed by atoms with Crippen molar-refractivity contribution in [2.45, 2.75) is 6.92 Å². The van der Waals surface area contributed by atoms with Crippen molar-refractivity contribution in [2.75, 3.05) is 4.90 Å². The predicted molar refractivity (Wildman–Crippen MR) is 136 cm³/mol. The lowest BCUT2D eigenvalue weighted by atomic mass is 10.0. The maximum Gasteiger partial charge on any atom is 0.0468 e. The van der Waals surface area contributed by atoms with Crippen LogP contribution < -0.4 is 4.90 Å². The third-order valence-electron chi connectivity index (χ3n) is 5.88. The van der Waals surface area contributed by atoms with Crippen molar-refractivity contribution >= 4 is 59.3 Å². The molecular weight excluding hydrogens is 394 g/mol. The molecule has 6 rings (SSSR count). The van der Waals surface area contributed by atoms with Crippen molar-refractivity contribution in [1.29, 1.82) is 0 Å². The first kappa shape index (κ1) is 18.2. The van der Waals surface area contributed by atoms with Gasteiger partial charge in [-0.05, 0) is 71.8 Å². The highest BCUT2D eigenvalue weighted by Gasteiger charge is 2.15. The summed E-state index contributed by atoms with van der Waals surface area (Å²) in [5.41, 5.74) is 4.77. The van der Waals surface area contributed by atoms with Gasteiger partial charge in [-0.2, -0.15) is 0 Å². The van der Waals surface area contributed by atoms with Crippen LogP contribution in [0.2, 0.25) is 0 Å². The average Bonchev–Trinajstić information content (AvgIpc) is 3.19. The van der Waals surface area contributed by atoms with E-state index in [1.165, 1.54) is 47.9 Å². The molecule has 2 heteroatoms. The van der Waals surface area contributed by atoms with E-state index in [2.05, 4.69) is 121 Å². The molecule has 1 heterocycles. The molecule has 0 aliphatic rings. The highest BCUT2D eigenvalue weighted by molar-refractivity contribution is 7.26. The molecule has 0 radical (unpaired) electrons. The smallest absolute Gasteiger partial charge is 0.0468 e. The molecule has 0 unspecified atom stereocenters. The summed E-state index contributed by atoms with van der Waals surface area (Å²) < 4.78 is 2.67. The Labute approximate surface area is 185 Å². The predicted octanol–water partition coefficient (Wildman–Crippen LogP) is 8.99. The summed E-state index contributed by atoms with van der Waals surface area (Å²) in [4.78, 5) is 2.35. The second-order valence-electron chi connectivity index (χ2n) is 7.95. The number of hydrogen-bond donors (Lipinski definition) is 0. The molecule has 0 aliphatic carbocycles. The van der Waals surface area contributed by atoms with Gasteiger partial charge in [0.05, 0.1) is 0 Å². The summed E-state index contributed by atoms with van der Waals surface area (Å²) in [6.07, 6.45) is 0. The number of anilines is 3. The molecule has 1 nitrogen and oxygen atoms in total. The van der Waals surface area contributed by atoms with Crippen molar-refractivity contribution in [3.63, 3.8) is 0 Å². The Morgan fingerprint density at radius 2 is 1.29 bits per heavy atom. The van der Waals surface area contributed by atoms with Crippen LogP contribution in [0.5, 0.6) is 0 Å². The van der Waals surface area contributed by atoms with Crippen molar-refractivity contribution in [3.05, 3.63) is 115 Å². The lowest BCUT2D eigenvalue weighted by Crippen LogP contribution is -2.09. The summed E-state index contributed by atoms with van der Waals surface area (Å²) in [5, 5.41) is 5.30. The van der Waals surface area contributed by atoms with E-state index in [4.69, 9.17) is 0 Å². The van der Waals surface area contributed by atoms with Crippen LogP contribution in [-0.2, 0) is 0 Å². The van der Waals surface area contributed by atoms with Gasteiger partial charge < -0.3 is 4.90 Å². The highest BCUT2D eigenvalue weighted by Crippen LogP contribution is 2.42. The second-order valence-corrected chi connectivity index (χ2v) is 9.04. The maximum atomic E-state index is 2.36. The fourth-order valence-corrected chi connectivity index (χ4v) is 5.57. The van der Waals surface area contributed by atoms with Crippen LogP contribution in [0.1, 0.15) is 5.56 Å². The van der Waals surface area contributed by atoms with Crippen LogP contribution in [0.25, 0.3) is 30.9 Å². The largest absolute Gasteiger partial charge is 0.310 e. The van der Waals surface area contributed by atoms with Crippen LogP contribution in [-0.4, -0.2) is 0 Å². The number of aryl methyl sites for hydroxylation is 1. The molecule has 1 aromatic heterocycles. The molecule has 148 valence electrons. The van der Waals surface area contributed by atoms with Gasteiger partial charge in [0, 0.05) is 37.2 Å². The molecule has 0 fully saturated rings. The average molecular weight is 416 g/mol. The zero-order valence-corrected chi connectivity index (χ0v) is 18.1. The summed E-state index contributed by atoms with van der Waals surface area (Å²) in [6, 6.07) is 39.4. The van der Waals surface area contributed by atoms with E-state index in [1.54, 1.807) is 0 Å². The van der Waals surface area contributed by atoms with Gasteiger partial charge in [0.15, 0.2) is 0 Å². The van der Waals surface area contributed by atoms with Gasteiger partial charge in [0.1, 0.15) is 0 Å². The Kier molecular flexibility index (Phi) is 4.26. The number of hydrogen-bond acceptors (Lipinski definition) is 2. The first-order chi connectivity index (χ1) is 15.3. The van der Waals surface area contributed by atoms with E-state index in [0.29, 0.717) is 0 Å². The second kappa shape index (κ2) is 7.26. The van der Waals surface area contributed by atoms with E-state index >= 15 is 0 Å². The zero-order chi connectivity index (χ0) is 20.8. The van der Waals surface area contributed by atoms with Crippen molar-refractivity contribution in [3.8, 4) is 0 Å². The third-order valence-corrected chi connectivity index (χ3v) is 7.01. The van der Waals surface area contributed by atoms with Gasteiger partial charge >= 0.3 is 0 Å². The first-order valence-electron chi connectivity index (χ1n) is 10.5. The molecule has 6 aromatic rings. The monoisotopic (exact) mass is 415 g/mol.